The summed E-state index contributed by atoms with van der Waals surface area (Å²) >= 11 is 0. The highest BCUT2D eigenvalue weighted by Gasteiger charge is 2.13. The van der Waals surface area contributed by atoms with Crippen LogP contribution in [0.25, 0.3) is 0 Å². The van der Waals surface area contributed by atoms with Crippen LogP contribution in [0.2, 0.25) is 0 Å². The Morgan fingerprint density at radius 1 is 0.545 bits per heavy atom. The van der Waals surface area contributed by atoms with Crippen LogP contribution in [0.1, 0.15) is 35.4 Å². The minimum Gasteiger partial charge on any atom is -0.0622 e. The highest BCUT2D eigenvalue weighted by atomic mass is 14.2. The van der Waals surface area contributed by atoms with Crippen LogP contribution >= 0.6 is 0 Å². The van der Waals surface area contributed by atoms with Gasteiger partial charge in [-0.05, 0) is 36.0 Å². The third-order valence-electron chi connectivity index (χ3n) is 4.20. The fraction of sp³-hybridized carbons (Fsp3) is 0.182. The maximum Gasteiger partial charge on any atom is 0.00894 e. The van der Waals surface area contributed by atoms with Gasteiger partial charge in [0.1, 0.15) is 0 Å². The van der Waals surface area contributed by atoms with Gasteiger partial charge in [-0.15, -0.1) is 0 Å². The largest absolute Gasteiger partial charge is 0.0622 e. The van der Waals surface area contributed by atoms with Crippen LogP contribution in [0.5, 0.6) is 0 Å². The van der Waals surface area contributed by atoms with Gasteiger partial charge < -0.3 is 0 Å². The van der Waals surface area contributed by atoms with Gasteiger partial charge in [-0.2, -0.15) is 0 Å². The Morgan fingerprint density at radius 3 is 1.50 bits per heavy atom. The zero-order chi connectivity index (χ0) is 15.0. The van der Waals surface area contributed by atoms with Crippen LogP contribution < -0.4 is 0 Å². The predicted molar refractivity (Wildman–Crippen MR) is 94.1 cm³/mol. The summed E-state index contributed by atoms with van der Waals surface area (Å²) < 4.78 is 0. The molecular weight excluding hydrogens is 264 g/mol. The van der Waals surface area contributed by atoms with Crippen LogP contribution in [-0.2, 0) is 6.42 Å². The molecule has 3 aromatic rings. The first-order valence-electron chi connectivity index (χ1n) is 8.07. The van der Waals surface area contributed by atoms with Crippen LogP contribution in [0.4, 0.5) is 0 Å². The Kier molecular flexibility index (Phi) is 5.04. The summed E-state index contributed by atoms with van der Waals surface area (Å²) in [7, 11) is 0. The van der Waals surface area contributed by atoms with Gasteiger partial charge in [0.05, 0.1) is 0 Å². The van der Waals surface area contributed by atoms with E-state index in [9.17, 15) is 0 Å². The summed E-state index contributed by atoms with van der Waals surface area (Å²) in [6.45, 7) is 0. The lowest BCUT2D eigenvalue weighted by molar-refractivity contribution is 0.661. The van der Waals surface area contributed by atoms with Crippen LogP contribution in [0, 0.1) is 0 Å². The van der Waals surface area contributed by atoms with Gasteiger partial charge in [0.2, 0.25) is 0 Å². The number of rotatable bonds is 6. The summed E-state index contributed by atoms with van der Waals surface area (Å²) in [5, 5.41) is 0. The van der Waals surface area contributed by atoms with E-state index in [1.807, 2.05) is 0 Å². The molecule has 0 saturated heterocycles. The molecule has 0 aliphatic carbocycles. The Hall–Kier alpha value is -2.34. The molecule has 0 heterocycles. The highest BCUT2D eigenvalue weighted by Crippen LogP contribution is 2.29. The van der Waals surface area contributed by atoms with E-state index in [1.165, 1.54) is 29.5 Å². The molecule has 0 aliphatic rings. The smallest absolute Gasteiger partial charge is 0.00894 e. The van der Waals surface area contributed by atoms with Crippen LogP contribution in [0.3, 0.4) is 0 Å². The van der Waals surface area contributed by atoms with Gasteiger partial charge in [-0.3, -0.25) is 0 Å². The molecule has 22 heavy (non-hydrogen) atoms. The van der Waals surface area contributed by atoms with E-state index in [0.717, 1.165) is 6.42 Å². The third kappa shape index (κ3) is 3.85. The molecule has 0 N–H and O–H groups in total. The molecule has 0 bridgehead atoms. The number of hydrogen-bond acceptors (Lipinski definition) is 0. The Labute approximate surface area is 133 Å². The summed E-state index contributed by atoms with van der Waals surface area (Å²) in [5.74, 6) is 0.492. The molecule has 0 saturated carbocycles. The van der Waals surface area contributed by atoms with Crippen molar-refractivity contribution in [3.05, 3.63) is 108 Å². The average molecular weight is 286 g/mol. The lowest BCUT2D eigenvalue weighted by atomic mass is 9.86. The number of aryl methyl sites for hydroxylation is 1. The van der Waals surface area contributed by atoms with Gasteiger partial charge in [0.15, 0.2) is 0 Å². The fourth-order valence-corrected chi connectivity index (χ4v) is 3.05. The predicted octanol–water partition coefficient (Wildman–Crippen LogP) is 5.84. The molecule has 0 fully saturated rings. The minimum atomic E-state index is 0.492. The lowest BCUT2D eigenvalue weighted by Crippen LogP contribution is -2.02. The van der Waals surface area contributed by atoms with E-state index in [-0.39, 0.29) is 0 Å². The molecule has 0 heteroatoms. The zero-order valence-corrected chi connectivity index (χ0v) is 12.9. The first-order valence-corrected chi connectivity index (χ1v) is 8.07. The van der Waals surface area contributed by atoms with Crippen molar-refractivity contribution in [1.82, 2.24) is 0 Å². The fourth-order valence-electron chi connectivity index (χ4n) is 3.05. The van der Waals surface area contributed by atoms with Crippen molar-refractivity contribution >= 4 is 0 Å². The highest BCUT2D eigenvalue weighted by molar-refractivity contribution is 5.32. The second-order valence-corrected chi connectivity index (χ2v) is 5.75. The number of hydrogen-bond donors (Lipinski definition) is 0. The van der Waals surface area contributed by atoms with Gasteiger partial charge in [-0.1, -0.05) is 91.0 Å². The molecular formula is C22H22. The average Bonchev–Trinajstić information content (AvgIpc) is 2.61. The molecule has 110 valence electrons. The molecule has 0 amide bonds. The Bertz CT molecular complexity index is 617. The van der Waals surface area contributed by atoms with Crippen molar-refractivity contribution in [2.45, 2.75) is 25.2 Å². The van der Waals surface area contributed by atoms with E-state index >= 15 is 0 Å². The molecule has 3 aromatic carbocycles. The molecule has 3 rings (SSSR count). The van der Waals surface area contributed by atoms with E-state index < -0.39 is 0 Å². The quantitative estimate of drug-likeness (QED) is 0.534. The van der Waals surface area contributed by atoms with Crippen molar-refractivity contribution < 1.29 is 0 Å². The minimum absolute atomic E-state index is 0.492. The van der Waals surface area contributed by atoms with E-state index in [0.29, 0.717) is 5.92 Å². The van der Waals surface area contributed by atoms with Gasteiger partial charge >= 0.3 is 0 Å². The van der Waals surface area contributed by atoms with Gasteiger partial charge in [-0.25, -0.2) is 0 Å². The van der Waals surface area contributed by atoms with E-state index in [2.05, 4.69) is 91.0 Å². The summed E-state index contributed by atoms with van der Waals surface area (Å²) in [6, 6.07) is 32.5. The van der Waals surface area contributed by atoms with Crippen molar-refractivity contribution in [2.75, 3.05) is 0 Å². The Balaban J connectivity index is 1.72. The maximum atomic E-state index is 2.25. The van der Waals surface area contributed by atoms with Crippen molar-refractivity contribution in [3.8, 4) is 0 Å². The first-order chi connectivity index (χ1) is 10.9. The summed E-state index contributed by atoms with van der Waals surface area (Å²) in [4.78, 5) is 0. The molecule has 0 spiro atoms. The zero-order valence-electron chi connectivity index (χ0n) is 12.9. The van der Waals surface area contributed by atoms with Gasteiger partial charge in [0, 0.05) is 5.92 Å². The van der Waals surface area contributed by atoms with Gasteiger partial charge in [0.25, 0.3) is 0 Å². The summed E-state index contributed by atoms with van der Waals surface area (Å²) in [6.07, 6.45) is 3.54. The summed E-state index contributed by atoms with van der Waals surface area (Å²) in [5.41, 5.74) is 4.27. The number of benzene rings is 3. The maximum absolute atomic E-state index is 2.25. The normalized spacial score (nSPS) is 10.8. The second kappa shape index (κ2) is 7.61. The first kappa shape index (κ1) is 14.6. The van der Waals surface area contributed by atoms with Crippen LogP contribution in [0.15, 0.2) is 91.0 Å². The molecule has 0 aromatic heterocycles. The second-order valence-electron chi connectivity index (χ2n) is 5.75. The van der Waals surface area contributed by atoms with Crippen molar-refractivity contribution in [3.63, 3.8) is 0 Å². The SMILES string of the molecule is c1ccc(CCCC(c2ccccc2)c2ccccc2)cc1. The monoisotopic (exact) mass is 286 g/mol. The van der Waals surface area contributed by atoms with E-state index in [1.54, 1.807) is 0 Å². The molecule has 0 atom stereocenters. The lowest BCUT2D eigenvalue weighted by Gasteiger charge is -2.18. The standard InChI is InChI=1S/C22H22/c1-4-11-19(12-5-1)13-10-18-22(20-14-6-2-7-15-20)21-16-8-3-9-17-21/h1-9,11-12,14-17,22H,10,13,18H2. The van der Waals surface area contributed by atoms with Crippen molar-refractivity contribution in [1.29, 1.82) is 0 Å². The van der Waals surface area contributed by atoms with E-state index in [4.69, 9.17) is 0 Å². The molecule has 0 nitrogen and oxygen atoms in total. The third-order valence-corrected chi connectivity index (χ3v) is 4.20. The Morgan fingerprint density at radius 2 is 1.00 bits per heavy atom. The van der Waals surface area contributed by atoms with Crippen LogP contribution in [-0.4, -0.2) is 0 Å². The van der Waals surface area contributed by atoms with Crippen molar-refractivity contribution in [2.24, 2.45) is 0 Å². The molecule has 0 unspecified atom stereocenters. The molecule has 0 aliphatic heterocycles. The molecule has 0 radical (unpaired) electrons. The topological polar surface area (TPSA) is 0 Å².